The van der Waals surface area contributed by atoms with Gasteiger partial charge in [-0.05, 0) is 70.1 Å². The molecular weight excluding hydrogens is 256 g/mol. The van der Waals surface area contributed by atoms with Crippen LogP contribution in [-0.2, 0) is 6.42 Å². The molecule has 1 aliphatic rings. The summed E-state index contributed by atoms with van der Waals surface area (Å²) in [5, 5.41) is 2.17. The zero-order chi connectivity index (χ0) is 13.4. The molecule has 2 nitrogen and oxygen atoms in total. The van der Waals surface area contributed by atoms with Gasteiger partial charge in [0, 0.05) is 27.5 Å². The molecule has 1 heterocycles. The van der Waals surface area contributed by atoms with E-state index in [1.165, 1.54) is 47.8 Å². The van der Waals surface area contributed by atoms with E-state index in [0.29, 0.717) is 5.92 Å². The average molecular weight is 277 g/mol. The Hall–Kier alpha value is -0.990. The van der Waals surface area contributed by atoms with Gasteiger partial charge in [0.25, 0.3) is 0 Å². The van der Waals surface area contributed by atoms with Crippen LogP contribution in [0.4, 0.5) is 0 Å². The van der Waals surface area contributed by atoms with Crippen LogP contribution in [0.2, 0.25) is 5.02 Å². The number of rotatable bonds is 3. The summed E-state index contributed by atoms with van der Waals surface area (Å²) < 4.78 is 0. The number of nitrogens with one attached hydrogen (secondary N) is 1. The number of benzene rings is 1. The van der Waals surface area contributed by atoms with Gasteiger partial charge in [0.1, 0.15) is 0 Å². The Labute approximate surface area is 119 Å². The van der Waals surface area contributed by atoms with E-state index in [0.717, 1.165) is 11.6 Å². The SMILES string of the molecule is CN(C)CCC1CCCc2c1[nH]c1ccc(Cl)cc21. The van der Waals surface area contributed by atoms with E-state index < -0.39 is 0 Å². The highest BCUT2D eigenvalue weighted by molar-refractivity contribution is 6.31. The minimum Gasteiger partial charge on any atom is -0.358 e. The molecule has 1 atom stereocenters. The quantitative estimate of drug-likeness (QED) is 0.890. The fourth-order valence-electron chi connectivity index (χ4n) is 3.23. The van der Waals surface area contributed by atoms with E-state index in [4.69, 9.17) is 11.6 Å². The monoisotopic (exact) mass is 276 g/mol. The minimum absolute atomic E-state index is 0.678. The lowest BCUT2D eigenvalue weighted by Crippen LogP contribution is -2.18. The minimum atomic E-state index is 0.678. The highest BCUT2D eigenvalue weighted by Crippen LogP contribution is 2.38. The zero-order valence-electron chi connectivity index (χ0n) is 11.7. The van der Waals surface area contributed by atoms with Crippen molar-refractivity contribution >= 4 is 22.5 Å². The summed E-state index contributed by atoms with van der Waals surface area (Å²) in [7, 11) is 4.30. The van der Waals surface area contributed by atoms with E-state index in [1.54, 1.807) is 0 Å². The molecule has 0 amide bonds. The smallest absolute Gasteiger partial charge is 0.0460 e. The molecule has 0 bridgehead atoms. The van der Waals surface area contributed by atoms with Crippen LogP contribution in [0.3, 0.4) is 0 Å². The van der Waals surface area contributed by atoms with Crippen molar-refractivity contribution in [1.29, 1.82) is 0 Å². The molecule has 1 aromatic carbocycles. The number of hydrogen-bond donors (Lipinski definition) is 1. The summed E-state index contributed by atoms with van der Waals surface area (Å²) in [6.45, 7) is 1.15. The van der Waals surface area contributed by atoms with Crippen molar-refractivity contribution in [3.05, 3.63) is 34.5 Å². The molecule has 2 aromatic rings. The van der Waals surface area contributed by atoms with Crippen LogP contribution >= 0.6 is 11.6 Å². The van der Waals surface area contributed by atoms with Crippen molar-refractivity contribution in [2.45, 2.75) is 31.6 Å². The van der Waals surface area contributed by atoms with Crippen LogP contribution < -0.4 is 0 Å². The van der Waals surface area contributed by atoms with Crippen molar-refractivity contribution in [2.75, 3.05) is 20.6 Å². The largest absolute Gasteiger partial charge is 0.358 e. The third kappa shape index (κ3) is 2.52. The molecule has 0 saturated heterocycles. The predicted octanol–water partition coefficient (Wildman–Crippen LogP) is 4.19. The van der Waals surface area contributed by atoms with Gasteiger partial charge >= 0.3 is 0 Å². The number of nitrogens with zero attached hydrogens (tertiary/aromatic N) is 1. The van der Waals surface area contributed by atoms with E-state index in [1.807, 2.05) is 6.07 Å². The number of aryl methyl sites for hydroxylation is 1. The van der Waals surface area contributed by atoms with Crippen molar-refractivity contribution in [3.63, 3.8) is 0 Å². The van der Waals surface area contributed by atoms with Gasteiger partial charge in [0.15, 0.2) is 0 Å². The van der Waals surface area contributed by atoms with Gasteiger partial charge in [-0.1, -0.05) is 11.6 Å². The Bertz CT molecular complexity index is 586. The van der Waals surface area contributed by atoms with Crippen LogP contribution in [-0.4, -0.2) is 30.5 Å². The first-order valence-electron chi connectivity index (χ1n) is 7.10. The van der Waals surface area contributed by atoms with Gasteiger partial charge in [-0.2, -0.15) is 0 Å². The lowest BCUT2D eigenvalue weighted by atomic mass is 9.85. The summed E-state index contributed by atoms with van der Waals surface area (Å²) >= 11 is 6.14. The Kier molecular flexibility index (Phi) is 3.55. The molecule has 0 saturated carbocycles. The number of H-pyrrole nitrogens is 1. The molecule has 102 valence electrons. The Morgan fingerprint density at radius 1 is 1.37 bits per heavy atom. The fourth-order valence-corrected chi connectivity index (χ4v) is 3.40. The number of aromatic amines is 1. The summed E-state index contributed by atoms with van der Waals surface area (Å²) in [5.41, 5.74) is 4.21. The first-order chi connectivity index (χ1) is 9.15. The molecule has 0 aliphatic heterocycles. The van der Waals surface area contributed by atoms with Gasteiger partial charge in [-0.15, -0.1) is 0 Å². The van der Waals surface area contributed by atoms with Gasteiger partial charge < -0.3 is 9.88 Å². The molecule has 0 fully saturated rings. The number of halogens is 1. The van der Waals surface area contributed by atoms with Crippen LogP contribution in [0.5, 0.6) is 0 Å². The maximum atomic E-state index is 6.14. The van der Waals surface area contributed by atoms with Gasteiger partial charge in [0.05, 0.1) is 0 Å². The molecule has 19 heavy (non-hydrogen) atoms. The third-order valence-electron chi connectivity index (χ3n) is 4.21. The Morgan fingerprint density at radius 3 is 3.00 bits per heavy atom. The lowest BCUT2D eigenvalue weighted by molar-refractivity contribution is 0.366. The highest BCUT2D eigenvalue weighted by Gasteiger charge is 2.24. The van der Waals surface area contributed by atoms with E-state index in [-0.39, 0.29) is 0 Å². The number of aromatic nitrogens is 1. The maximum Gasteiger partial charge on any atom is 0.0460 e. The van der Waals surface area contributed by atoms with Crippen molar-refractivity contribution in [1.82, 2.24) is 9.88 Å². The molecule has 1 aromatic heterocycles. The highest BCUT2D eigenvalue weighted by atomic mass is 35.5. The molecule has 0 spiro atoms. The lowest BCUT2D eigenvalue weighted by Gasteiger charge is -2.24. The van der Waals surface area contributed by atoms with Gasteiger partial charge in [-0.3, -0.25) is 0 Å². The van der Waals surface area contributed by atoms with Crippen molar-refractivity contribution in [2.24, 2.45) is 0 Å². The molecule has 1 aliphatic carbocycles. The molecule has 0 radical (unpaired) electrons. The van der Waals surface area contributed by atoms with Crippen molar-refractivity contribution in [3.8, 4) is 0 Å². The topological polar surface area (TPSA) is 19.0 Å². The summed E-state index contributed by atoms with van der Waals surface area (Å²) in [4.78, 5) is 5.91. The average Bonchev–Trinajstić information content (AvgIpc) is 2.75. The van der Waals surface area contributed by atoms with Crippen LogP contribution in [0, 0.1) is 0 Å². The fraction of sp³-hybridized carbons (Fsp3) is 0.500. The zero-order valence-corrected chi connectivity index (χ0v) is 12.4. The Balaban J connectivity index is 1.98. The second-order valence-corrected chi connectivity index (χ2v) is 6.32. The van der Waals surface area contributed by atoms with E-state index in [9.17, 15) is 0 Å². The van der Waals surface area contributed by atoms with E-state index in [2.05, 4.69) is 36.1 Å². The molecule has 3 rings (SSSR count). The van der Waals surface area contributed by atoms with Gasteiger partial charge in [0.2, 0.25) is 0 Å². The van der Waals surface area contributed by atoms with Crippen molar-refractivity contribution < 1.29 is 0 Å². The van der Waals surface area contributed by atoms with Gasteiger partial charge in [-0.25, -0.2) is 0 Å². The first-order valence-corrected chi connectivity index (χ1v) is 7.47. The summed E-state index contributed by atoms with van der Waals surface area (Å²) in [6, 6.07) is 6.19. The third-order valence-corrected chi connectivity index (χ3v) is 4.45. The number of fused-ring (bicyclic) bond motifs is 3. The second kappa shape index (κ2) is 5.18. The molecular formula is C16H21ClN2. The molecule has 3 heteroatoms. The van der Waals surface area contributed by atoms with Crippen LogP contribution in [0.15, 0.2) is 18.2 Å². The number of hydrogen-bond acceptors (Lipinski definition) is 1. The van der Waals surface area contributed by atoms with Crippen LogP contribution in [0.1, 0.15) is 36.4 Å². The Morgan fingerprint density at radius 2 is 2.21 bits per heavy atom. The second-order valence-electron chi connectivity index (χ2n) is 5.89. The normalized spacial score (nSPS) is 19.1. The summed E-state index contributed by atoms with van der Waals surface area (Å²) in [6.07, 6.45) is 5.03. The molecule has 1 unspecified atom stereocenters. The van der Waals surface area contributed by atoms with Crippen LogP contribution in [0.25, 0.3) is 10.9 Å². The summed E-state index contributed by atoms with van der Waals surface area (Å²) in [5.74, 6) is 0.678. The first kappa shape index (κ1) is 13.0. The standard InChI is InChI=1S/C16H21ClN2/c1-19(2)9-8-11-4-3-5-13-14-10-12(17)6-7-15(14)18-16(11)13/h6-7,10-11,18H,3-5,8-9H2,1-2H3. The van der Waals surface area contributed by atoms with E-state index >= 15 is 0 Å². The predicted molar refractivity (Wildman–Crippen MR) is 82.2 cm³/mol. The molecule has 1 N–H and O–H groups in total. The maximum absolute atomic E-state index is 6.14.